The molecule has 0 bridgehead atoms. The summed E-state index contributed by atoms with van der Waals surface area (Å²) in [6.45, 7) is 0. The molecule has 0 radical (unpaired) electrons. The Hall–Kier alpha value is -2.46. The van der Waals surface area contributed by atoms with Crippen LogP contribution in [0.4, 0.5) is 5.69 Å². The maximum Gasteiger partial charge on any atom is 0.255 e. The molecule has 1 saturated carbocycles. The van der Waals surface area contributed by atoms with Crippen LogP contribution in [-0.4, -0.2) is 10.9 Å². The van der Waals surface area contributed by atoms with Crippen LogP contribution in [0.25, 0.3) is 10.4 Å². The van der Waals surface area contributed by atoms with E-state index in [1.54, 1.807) is 11.3 Å². The standard InChI is InChI=1S/C20H18N2OS/c23-19(15-5-2-1-3-6-15)22-17-11-9-14(10-12-17)18-13-21-20(24-18)16-7-4-8-16/h1-3,5-6,9-13,16H,4,7-8H2,(H,22,23). The molecule has 0 aliphatic heterocycles. The van der Waals surface area contributed by atoms with Gasteiger partial charge in [-0.1, -0.05) is 36.8 Å². The minimum absolute atomic E-state index is 0.0894. The van der Waals surface area contributed by atoms with Crippen LogP contribution >= 0.6 is 11.3 Å². The van der Waals surface area contributed by atoms with Gasteiger partial charge >= 0.3 is 0 Å². The van der Waals surface area contributed by atoms with Gasteiger partial charge in [-0.3, -0.25) is 4.79 Å². The van der Waals surface area contributed by atoms with Gasteiger partial charge in [0.1, 0.15) is 0 Å². The van der Waals surface area contributed by atoms with Crippen molar-refractivity contribution in [3.05, 3.63) is 71.4 Å². The second-order valence-corrected chi connectivity index (χ2v) is 7.15. The molecule has 0 spiro atoms. The Labute approximate surface area is 145 Å². The number of hydrogen-bond acceptors (Lipinski definition) is 3. The summed E-state index contributed by atoms with van der Waals surface area (Å²) in [6.07, 6.45) is 5.85. The Morgan fingerprint density at radius 1 is 1.04 bits per heavy atom. The molecule has 24 heavy (non-hydrogen) atoms. The predicted octanol–water partition coefficient (Wildman–Crippen LogP) is 5.33. The first-order chi connectivity index (χ1) is 11.8. The highest BCUT2D eigenvalue weighted by Crippen LogP contribution is 2.40. The highest BCUT2D eigenvalue weighted by Gasteiger charge is 2.22. The molecule has 120 valence electrons. The van der Waals surface area contributed by atoms with Crippen LogP contribution in [0.5, 0.6) is 0 Å². The number of carbonyl (C=O) groups excluding carboxylic acids is 1. The van der Waals surface area contributed by atoms with E-state index in [4.69, 9.17) is 0 Å². The van der Waals surface area contributed by atoms with E-state index in [1.807, 2.05) is 60.8 Å². The van der Waals surface area contributed by atoms with Gasteiger partial charge in [-0.25, -0.2) is 4.98 Å². The lowest BCUT2D eigenvalue weighted by molar-refractivity contribution is 0.102. The summed E-state index contributed by atoms with van der Waals surface area (Å²) in [6, 6.07) is 17.2. The van der Waals surface area contributed by atoms with Gasteiger partial charge in [0.05, 0.1) is 9.88 Å². The maximum absolute atomic E-state index is 12.2. The number of rotatable bonds is 4. The maximum atomic E-state index is 12.2. The van der Waals surface area contributed by atoms with E-state index < -0.39 is 0 Å². The van der Waals surface area contributed by atoms with Crippen molar-refractivity contribution in [3.8, 4) is 10.4 Å². The summed E-state index contributed by atoms with van der Waals surface area (Å²) in [7, 11) is 0. The lowest BCUT2D eigenvalue weighted by Crippen LogP contribution is -2.11. The summed E-state index contributed by atoms with van der Waals surface area (Å²) < 4.78 is 0. The fraction of sp³-hybridized carbons (Fsp3) is 0.200. The Balaban J connectivity index is 1.46. The first-order valence-corrected chi connectivity index (χ1v) is 9.04. The first kappa shape index (κ1) is 15.1. The molecule has 0 atom stereocenters. The lowest BCUT2D eigenvalue weighted by atomic mass is 9.86. The fourth-order valence-corrected chi connectivity index (χ4v) is 3.87. The van der Waals surface area contributed by atoms with E-state index in [1.165, 1.54) is 29.1 Å². The molecule has 2 aromatic carbocycles. The predicted molar refractivity (Wildman–Crippen MR) is 98.5 cm³/mol. The fourth-order valence-electron chi connectivity index (χ4n) is 2.78. The van der Waals surface area contributed by atoms with Crippen molar-refractivity contribution in [1.82, 2.24) is 4.98 Å². The molecule has 1 heterocycles. The number of nitrogens with zero attached hydrogens (tertiary/aromatic N) is 1. The van der Waals surface area contributed by atoms with Gasteiger partial charge in [0, 0.05) is 23.4 Å². The lowest BCUT2D eigenvalue weighted by Gasteiger charge is -2.22. The van der Waals surface area contributed by atoms with Crippen molar-refractivity contribution in [2.45, 2.75) is 25.2 Å². The van der Waals surface area contributed by atoms with Crippen LogP contribution in [0.15, 0.2) is 60.8 Å². The molecule has 1 aliphatic carbocycles. The largest absolute Gasteiger partial charge is 0.322 e. The third-order valence-corrected chi connectivity index (χ3v) is 5.65. The molecule has 4 rings (SSSR count). The number of anilines is 1. The molecule has 1 N–H and O–H groups in total. The normalized spacial score (nSPS) is 14.2. The van der Waals surface area contributed by atoms with Crippen LogP contribution in [0.1, 0.15) is 40.5 Å². The van der Waals surface area contributed by atoms with Crippen molar-refractivity contribution < 1.29 is 4.79 Å². The third kappa shape index (κ3) is 3.10. The SMILES string of the molecule is O=C(Nc1ccc(-c2cnc(C3CCC3)s2)cc1)c1ccccc1. The number of benzene rings is 2. The second kappa shape index (κ2) is 6.57. The van der Waals surface area contributed by atoms with Gasteiger partial charge in [-0.05, 0) is 42.7 Å². The minimum Gasteiger partial charge on any atom is -0.322 e. The van der Waals surface area contributed by atoms with Gasteiger partial charge in [0.25, 0.3) is 5.91 Å². The quantitative estimate of drug-likeness (QED) is 0.700. The topological polar surface area (TPSA) is 42.0 Å². The molecule has 1 aliphatic rings. The number of aromatic nitrogens is 1. The molecule has 0 saturated heterocycles. The molecule has 1 aromatic heterocycles. The summed E-state index contributed by atoms with van der Waals surface area (Å²) in [5, 5.41) is 4.19. The number of thiazole rings is 1. The van der Waals surface area contributed by atoms with Gasteiger partial charge in [0.15, 0.2) is 0 Å². The minimum atomic E-state index is -0.0894. The van der Waals surface area contributed by atoms with Crippen LogP contribution in [-0.2, 0) is 0 Å². The molecule has 4 heteroatoms. The number of nitrogens with one attached hydrogen (secondary N) is 1. The average molecular weight is 334 g/mol. The summed E-state index contributed by atoms with van der Waals surface area (Å²) in [5.41, 5.74) is 2.61. The Kier molecular flexibility index (Phi) is 4.13. The third-order valence-electron chi connectivity index (χ3n) is 4.44. The van der Waals surface area contributed by atoms with E-state index in [0.29, 0.717) is 11.5 Å². The van der Waals surface area contributed by atoms with Gasteiger partial charge < -0.3 is 5.32 Å². The molecular weight excluding hydrogens is 316 g/mol. The van der Waals surface area contributed by atoms with Crippen LogP contribution in [0.2, 0.25) is 0 Å². The zero-order chi connectivity index (χ0) is 16.4. The highest BCUT2D eigenvalue weighted by atomic mass is 32.1. The number of hydrogen-bond donors (Lipinski definition) is 1. The van der Waals surface area contributed by atoms with E-state index in [9.17, 15) is 4.79 Å². The summed E-state index contributed by atoms with van der Waals surface area (Å²) >= 11 is 1.79. The van der Waals surface area contributed by atoms with Gasteiger partial charge in [-0.15, -0.1) is 11.3 Å². The monoisotopic (exact) mass is 334 g/mol. The van der Waals surface area contributed by atoms with Crippen molar-refractivity contribution in [2.75, 3.05) is 5.32 Å². The molecule has 3 aromatic rings. The van der Waals surface area contributed by atoms with E-state index >= 15 is 0 Å². The van der Waals surface area contributed by atoms with Gasteiger partial charge in [0.2, 0.25) is 0 Å². The molecule has 1 fully saturated rings. The first-order valence-electron chi connectivity index (χ1n) is 8.22. The van der Waals surface area contributed by atoms with Crippen LogP contribution < -0.4 is 5.32 Å². The van der Waals surface area contributed by atoms with Crippen molar-refractivity contribution in [3.63, 3.8) is 0 Å². The Morgan fingerprint density at radius 2 is 1.79 bits per heavy atom. The number of amides is 1. The zero-order valence-electron chi connectivity index (χ0n) is 13.2. The number of carbonyl (C=O) groups is 1. The summed E-state index contributed by atoms with van der Waals surface area (Å²) in [4.78, 5) is 17.9. The van der Waals surface area contributed by atoms with Crippen LogP contribution in [0, 0.1) is 0 Å². The van der Waals surface area contributed by atoms with E-state index in [0.717, 1.165) is 11.3 Å². The average Bonchev–Trinajstić information content (AvgIpc) is 3.04. The van der Waals surface area contributed by atoms with Crippen molar-refractivity contribution in [2.24, 2.45) is 0 Å². The van der Waals surface area contributed by atoms with Crippen LogP contribution in [0.3, 0.4) is 0 Å². The van der Waals surface area contributed by atoms with Crippen molar-refractivity contribution in [1.29, 1.82) is 0 Å². The highest BCUT2D eigenvalue weighted by molar-refractivity contribution is 7.15. The smallest absolute Gasteiger partial charge is 0.255 e. The summed E-state index contributed by atoms with van der Waals surface area (Å²) in [5.74, 6) is 0.585. The Bertz CT molecular complexity index is 836. The molecule has 0 unspecified atom stereocenters. The zero-order valence-corrected chi connectivity index (χ0v) is 14.1. The second-order valence-electron chi connectivity index (χ2n) is 6.09. The van der Waals surface area contributed by atoms with E-state index in [2.05, 4.69) is 10.3 Å². The van der Waals surface area contributed by atoms with E-state index in [-0.39, 0.29) is 5.91 Å². The Morgan fingerprint density at radius 3 is 2.46 bits per heavy atom. The van der Waals surface area contributed by atoms with Gasteiger partial charge in [-0.2, -0.15) is 0 Å². The molecule has 1 amide bonds. The molecular formula is C20H18N2OS. The van der Waals surface area contributed by atoms with Crippen molar-refractivity contribution >= 4 is 22.9 Å². The molecule has 3 nitrogen and oxygen atoms in total.